The van der Waals surface area contributed by atoms with Crippen LogP contribution in [0.1, 0.15) is 21.7 Å². The largest absolute Gasteiger partial charge is 0.475 e. The van der Waals surface area contributed by atoms with Gasteiger partial charge in [0.25, 0.3) is 5.78 Å². The van der Waals surface area contributed by atoms with Gasteiger partial charge in [-0.25, -0.2) is 4.79 Å². The quantitative estimate of drug-likeness (QED) is 0.620. The van der Waals surface area contributed by atoms with Crippen LogP contribution >= 0.6 is 0 Å². The van der Waals surface area contributed by atoms with E-state index in [4.69, 9.17) is 9.52 Å². The summed E-state index contributed by atoms with van der Waals surface area (Å²) in [5, 5.41) is 9.49. The summed E-state index contributed by atoms with van der Waals surface area (Å²) in [4.78, 5) is 21.8. The topological polar surface area (TPSA) is 67.5 Å². The van der Waals surface area contributed by atoms with Gasteiger partial charge in [0.1, 0.15) is 11.3 Å². The Hall–Kier alpha value is -2.10. The molecule has 0 spiro atoms. The molecule has 4 heteroatoms. The standard InChI is InChI=1S/C12H10O4/c1-6-7(2)16-10-5-8(3-4-9(6)10)11(13)12(14)15/h3-5H,1-2H3,(H,14,15). The van der Waals surface area contributed by atoms with Gasteiger partial charge >= 0.3 is 5.97 Å². The lowest BCUT2D eigenvalue weighted by Crippen LogP contribution is -2.12. The molecule has 0 aliphatic heterocycles. The van der Waals surface area contributed by atoms with Crippen LogP contribution in [0.3, 0.4) is 0 Å². The van der Waals surface area contributed by atoms with Crippen molar-refractivity contribution in [1.82, 2.24) is 0 Å². The van der Waals surface area contributed by atoms with Crippen molar-refractivity contribution < 1.29 is 19.1 Å². The number of Topliss-reactive ketones (excluding diaryl/α,β-unsaturated/α-hetero) is 1. The Bertz CT molecular complexity index is 592. The van der Waals surface area contributed by atoms with Crippen LogP contribution in [0.2, 0.25) is 0 Å². The van der Waals surface area contributed by atoms with Gasteiger partial charge in [0.2, 0.25) is 0 Å². The molecule has 0 radical (unpaired) electrons. The average molecular weight is 218 g/mol. The minimum atomic E-state index is -1.46. The van der Waals surface area contributed by atoms with E-state index >= 15 is 0 Å². The predicted molar refractivity (Wildman–Crippen MR) is 57.7 cm³/mol. The van der Waals surface area contributed by atoms with Crippen LogP contribution in [0, 0.1) is 13.8 Å². The molecule has 0 saturated heterocycles. The van der Waals surface area contributed by atoms with Crippen LogP contribution in [0.15, 0.2) is 22.6 Å². The summed E-state index contributed by atoms with van der Waals surface area (Å²) < 4.78 is 5.42. The van der Waals surface area contributed by atoms with E-state index in [0.29, 0.717) is 5.58 Å². The number of fused-ring (bicyclic) bond motifs is 1. The zero-order chi connectivity index (χ0) is 11.9. The zero-order valence-electron chi connectivity index (χ0n) is 8.90. The number of carboxylic acids is 1. The Kier molecular flexibility index (Phi) is 2.27. The van der Waals surface area contributed by atoms with E-state index in [2.05, 4.69) is 0 Å². The Morgan fingerprint density at radius 2 is 1.94 bits per heavy atom. The number of rotatable bonds is 2. The first-order valence-electron chi connectivity index (χ1n) is 4.78. The molecule has 0 amide bonds. The fourth-order valence-electron chi connectivity index (χ4n) is 1.61. The maximum atomic E-state index is 11.2. The normalized spacial score (nSPS) is 10.6. The number of carbonyl (C=O) groups excluding carboxylic acids is 1. The maximum absolute atomic E-state index is 11.2. The fourth-order valence-corrected chi connectivity index (χ4v) is 1.61. The fraction of sp³-hybridized carbons (Fsp3) is 0.167. The van der Waals surface area contributed by atoms with Gasteiger partial charge in [-0.15, -0.1) is 0 Å². The van der Waals surface area contributed by atoms with E-state index in [1.807, 2.05) is 13.8 Å². The van der Waals surface area contributed by atoms with Crippen LogP contribution in [-0.2, 0) is 4.79 Å². The van der Waals surface area contributed by atoms with Crippen LogP contribution in [0.4, 0.5) is 0 Å². The van der Waals surface area contributed by atoms with Crippen molar-refractivity contribution in [2.75, 3.05) is 0 Å². The summed E-state index contributed by atoms with van der Waals surface area (Å²) in [5.41, 5.74) is 1.68. The summed E-state index contributed by atoms with van der Waals surface area (Å²) in [6.07, 6.45) is 0. The van der Waals surface area contributed by atoms with Crippen LogP contribution in [-0.4, -0.2) is 16.9 Å². The molecular formula is C12H10O4. The molecule has 4 nitrogen and oxygen atoms in total. The van der Waals surface area contributed by atoms with E-state index in [9.17, 15) is 9.59 Å². The molecule has 82 valence electrons. The van der Waals surface area contributed by atoms with E-state index in [1.54, 1.807) is 6.07 Å². The summed E-state index contributed by atoms with van der Waals surface area (Å²) in [7, 11) is 0. The van der Waals surface area contributed by atoms with Crippen molar-refractivity contribution in [2.24, 2.45) is 0 Å². The molecule has 1 N–H and O–H groups in total. The van der Waals surface area contributed by atoms with Gasteiger partial charge in [0.15, 0.2) is 0 Å². The Labute approximate surface area is 91.5 Å². The first-order chi connectivity index (χ1) is 7.50. The first kappa shape index (κ1) is 10.4. The van der Waals surface area contributed by atoms with Crippen molar-refractivity contribution in [3.63, 3.8) is 0 Å². The van der Waals surface area contributed by atoms with Gasteiger partial charge in [-0.05, 0) is 31.5 Å². The molecule has 2 rings (SSSR count). The monoisotopic (exact) mass is 218 g/mol. The molecular weight excluding hydrogens is 208 g/mol. The SMILES string of the molecule is Cc1oc2cc(C(=O)C(=O)O)ccc2c1C. The van der Waals surface area contributed by atoms with Gasteiger partial charge in [-0.2, -0.15) is 0 Å². The molecule has 16 heavy (non-hydrogen) atoms. The van der Waals surface area contributed by atoms with Gasteiger partial charge in [0, 0.05) is 10.9 Å². The second kappa shape index (κ2) is 3.48. The predicted octanol–water partition coefficient (Wildman–Crippen LogP) is 2.32. The third-order valence-corrected chi connectivity index (χ3v) is 2.63. The molecule has 0 aliphatic rings. The number of furan rings is 1. The van der Waals surface area contributed by atoms with E-state index < -0.39 is 11.8 Å². The van der Waals surface area contributed by atoms with Gasteiger partial charge in [0.05, 0.1) is 0 Å². The number of aliphatic carboxylic acids is 1. The third-order valence-electron chi connectivity index (χ3n) is 2.63. The molecule has 0 unspecified atom stereocenters. The van der Waals surface area contributed by atoms with Crippen LogP contribution in [0.25, 0.3) is 11.0 Å². The van der Waals surface area contributed by atoms with E-state index in [-0.39, 0.29) is 5.56 Å². The van der Waals surface area contributed by atoms with Gasteiger partial charge in [-0.3, -0.25) is 4.79 Å². The Morgan fingerprint density at radius 3 is 2.56 bits per heavy atom. The van der Waals surface area contributed by atoms with Crippen LogP contribution in [0.5, 0.6) is 0 Å². The van der Waals surface area contributed by atoms with E-state index in [1.165, 1.54) is 12.1 Å². The molecule has 1 heterocycles. The summed E-state index contributed by atoms with van der Waals surface area (Å²) in [6.45, 7) is 3.74. The highest BCUT2D eigenvalue weighted by atomic mass is 16.4. The first-order valence-corrected chi connectivity index (χ1v) is 4.78. The summed E-state index contributed by atoms with van der Waals surface area (Å²) in [6, 6.07) is 4.67. The van der Waals surface area contributed by atoms with Crippen molar-refractivity contribution in [3.05, 3.63) is 35.1 Å². The molecule has 0 fully saturated rings. The molecule has 0 aliphatic carbocycles. The number of ketones is 1. The maximum Gasteiger partial charge on any atom is 0.377 e. The van der Waals surface area contributed by atoms with Crippen LogP contribution < -0.4 is 0 Å². The average Bonchev–Trinajstić information content (AvgIpc) is 2.53. The number of benzene rings is 1. The Balaban J connectivity index is 2.61. The highest BCUT2D eigenvalue weighted by Gasteiger charge is 2.16. The lowest BCUT2D eigenvalue weighted by atomic mass is 10.1. The molecule has 0 saturated carbocycles. The van der Waals surface area contributed by atoms with Crippen molar-refractivity contribution in [3.8, 4) is 0 Å². The van der Waals surface area contributed by atoms with Gasteiger partial charge in [-0.1, -0.05) is 6.07 Å². The van der Waals surface area contributed by atoms with Crippen molar-refractivity contribution in [2.45, 2.75) is 13.8 Å². The number of hydrogen-bond donors (Lipinski definition) is 1. The summed E-state index contributed by atoms with van der Waals surface area (Å²) >= 11 is 0. The molecule has 2 aromatic rings. The summed E-state index contributed by atoms with van der Waals surface area (Å²) in [5.74, 6) is -1.61. The van der Waals surface area contributed by atoms with Crippen molar-refractivity contribution in [1.29, 1.82) is 0 Å². The highest BCUT2D eigenvalue weighted by molar-refractivity contribution is 6.40. The second-order valence-electron chi connectivity index (χ2n) is 3.63. The number of carbonyl (C=O) groups is 2. The van der Waals surface area contributed by atoms with Gasteiger partial charge < -0.3 is 9.52 Å². The third kappa shape index (κ3) is 1.48. The molecule has 1 aromatic carbocycles. The smallest absolute Gasteiger partial charge is 0.377 e. The lowest BCUT2D eigenvalue weighted by molar-refractivity contribution is -0.131. The minimum Gasteiger partial charge on any atom is -0.475 e. The zero-order valence-corrected chi connectivity index (χ0v) is 8.90. The van der Waals surface area contributed by atoms with Crippen molar-refractivity contribution >= 4 is 22.7 Å². The number of carboxylic acid groups (broad SMARTS) is 1. The molecule has 0 bridgehead atoms. The minimum absolute atomic E-state index is 0.133. The Morgan fingerprint density at radius 1 is 1.25 bits per heavy atom. The van der Waals surface area contributed by atoms with E-state index in [0.717, 1.165) is 16.7 Å². The highest BCUT2D eigenvalue weighted by Crippen LogP contribution is 2.25. The molecule has 1 aromatic heterocycles. The number of hydrogen-bond acceptors (Lipinski definition) is 3. The number of aryl methyl sites for hydroxylation is 2. The lowest BCUT2D eigenvalue weighted by Gasteiger charge is -1.95. The molecule has 0 atom stereocenters. The second-order valence-corrected chi connectivity index (χ2v) is 3.63.